The number of hydrogen-bond donors (Lipinski definition) is 10. The van der Waals surface area contributed by atoms with Crippen molar-refractivity contribution in [1.82, 2.24) is 77.7 Å². The molecule has 750 valence electrons. The van der Waals surface area contributed by atoms with Crippen LogP contribution in [0.3, 0.4) is 0 Å². The van der Waals surface area contributed by atoms with E-state index in [1.54, 1.807) is 40.1 Å². The predicted octanol–water partition coefficient (Wildman–Crippen LogP) is 18.2. The highest BCUT2D eigenvalue weighted by atomic mass is 35.5. The number of rotatable bonds is 25. The first-order valence-electron chi connectivity index (χ1n) is 55.9. The molecule has 0 spiro atoms. The van der Waals surface area contributed by atoms with Crippen molar-refractivity contribution in [3.05, 3.63) is 144 Å². The number of anilines is 5. The monoisotopic (exact) mass is 1970 g/mol. The maximum absolute atomic E-state index is 11.5. The molecule has 5 aliphatic heterocycles. The minimum Gasteiger partial charge on any atom is -0.368 e. The van der Waals surface area contributed by atoms with E-state index in [9.17, 15) is 24.0 Å². The first-order valence-corrected chi connectivity index (χ1v) is 51.8. The first-order chi connectivity index (χ1) is 69.8. The van der Waals surface area contributed by atoms with Crippen LogP contribution in [-0.4, -0.2) is 284 Å². The largest absolute Gasteiger partial charge is 0.368 e. The van der Waals surface area contributed by atoms with Gasteiger partial charge in [-0.3, -0.25) is 24.5 Å². The van der Waals surface area contributed by atoms with Gasteiger partial charge in [-0.1, -0.05) is 119 Å². The summed E-state index contributed by atoms with van der Waals surface area (Å²) in [6, 6.07) is 30.3. The number of hydrogen-bond acceptors (Lipinski definition) is 15. The molecule has 135 heavy (non-hydrogen) atoms. The smallest absolute Gasteiger partial charge is 0.314 e. The molecule has 10 aliphatic rings. The summed E-state index contributed by atoms with van der Waals surface area (Å²) in [5, 5.41) is 31.6. The van der Waals surface area contributed by atoms with E-state index in [-0.39, 0.29) is 78.1 Å². The Morgan fingerprint density at radius 2 is 0.444 bits per heavy atom. The summed E-state index contributed by atoms with van der Waals surface area (Å²) in [4.78, 5) is 78.8. The standard InChI is InChI=1S/5C21H33ClN4O/c5*1-16-4-3-5-19(20(16)22)26-14-12-25(13-15-26)11-10-17-6-8-18(9-7-17)24-21(27)23-2/h5*3-5,17-18H,6-15H2,1-2H3,(H2,23,24,27)/i10D2,11D2;2*11D2;2*10D2. The third kappa shape index (κ3) is 34.9. The van der Waals surface area contributed by atoms with E-state index in [4.69, 9.17) is 74.5 Å². The van der Waals surface area contributed by atoms with Crippen molar-refractivity contribution < 1.29 is 40.4 Å². The zero-order valence-corrected chi connectivity index (χ0v) is 85.7. The number of nitrogens with zero attached hydrogens (tertiary/aromatic N) is 10. The second kappa shape index (κ2) is 56.8. The summed E-state index contributed by atoms with van der Waals surface area (Å²) in [5.41, 5.74) is 10.5. The summed E-state index contributed by atoms with van der Waals surface area (Å²) in [6.45, 7) is 21.2. The van der Waals surface area contributed by atoms with Crippen LogP contribution < -0.4 is 77.7 Å². The molecule has 10 N–H and O–H groups in total. The number of amides is 10. The quantitative estimate of drug-likeness (QED) is 0.0262. The highest BCUT2D eigenvalue weighted by Gasteiger charge is 2.33. The van der Waals surface area contributed by atoms with Crippen molar-refractivity contribution in [3.8, 4) is 0 Å². The lowest BCUT2D eigenvalue weighted by molar-refractivity contribution is 0.205. The van der Waals surface area contributed by atoms with E-state index in [0.717, 1.165) is 263 Å². The second-order valence-electron chi connectivity index (χ2n) is 38.1. The number of halogens is 5. The summed E-state index contributed by atoms with van der Waals surface area (Å²) in [7, 11) is 8.06. The topological polar surface area (TPSA) is 238 Å². The van der Waals surface area contributed by atoms with Crippen LogP contribution >= 0.6 is 58.0 Å². The number of carbonyl (C=O) groups excluding carboxylic acids is 5. The number of nitrogens with one attached hydrogen (secondary N) is 10. The predicted molar refractivity (Wildman–Crippen MR) is 564 cm³/mol. The van der Waals surface area contributed by atoms with Crippen molar-refractivity contribution in [2.24, 2.45) is 29.6 Å². The first kappa shape index (κ1) is 91.5. The molecule has 5 aromatic rings. The van der Waals surface area contributed by atoms with Crippen molar-refractivity contribution in [2.45, 2.75) is 225 Å². The van der Waals surface area contributed by atoms with Gasteiger partial charge in [-0.05, 0) is 315 Å². The zero-order valence-electron chi connectivity index (χ0n) is 93.9. The van der Waals surface area contributed by atoms with Gasteiger partial charge in [-0.25, -0.2) is 24.0 Å². The fraction of sp³-hybridized carbons (Fsp3) is 0.667. The fourth-order valence-corrected chi connectivity index (χ4v) is 21.0. The van der Waals surface area contributed by atoms with Gasteiger partial charge in [0.05, 0.1) is 53.6 Å². The van der Waals surface area contributed by atoms with Crippen LogP contribution in [0.1, 0.15) is 205 Å². The lowest BCUT2D eigenvalue weighted by Gasteiger charge is -2.37. The highest BCUT2D eigenvalue weighted by molar-refractivity contribution is 6.35. The number of carbonyl (C=O) groups is 5. The van der Waals surface area contributed by atoms with E-state index in [1.165, 1.54) is 0 Å². The Kier molecular flexibility index (Phi) is 38.5. The van der Waals surface area contributed by atoms with Gasteiger partial charge in [0.25, 0.3) is 0 Å². The molecule has 0 unspecified atom stereocenters. The third-order valence-electron chi connectivity index (χ3n) is 28.7. The molecule has 0 atom stereocenters. The zero-order chi connectivity index (χ0) is 107. The van der Waals surface area contributed by atoms with Crippen molar-refractivity contribution in [1.29, 1.82) is 0 Å². The Balaban J connectivity index is 0.000000175. The SMILES string of the molecule is [2H]C([2H])(C1CCC(NC(=O)NC)CC1)C([2H])([2H])N1CCN(c2cccc(C)c2Cl)CC1.[2H]C([2H])(CC1CCC(NC(=O)NC)CC1)N1CCN(c2cccc(C)c2Cl)CC1.[2H]C([2H])(CC1CCC(NC(=O)NC)CC1)N1CCN(c2cccc(C)c2Cl)CC1.[2H]C([2H])(CN1CCN(c2cccc(C)c2Cl)CC1)C1CCC(NC(=O)NC)CC1.[2H]C([2H])(CN1CCN(c2cccc(C)c2Cl)CC1)C1CCC(NC(=O)NC)CC1. The molecule has 5 aliphatic carbocycles. The van der Waals surface area contributed by atoms with Crippen molar-refractivity contribution in [3.63, 3.8) is 0 Å². The number of benzene rings is 5. The Labute approximate surface area is 851 Å². The number of urea groups is 5. The molecule has 5 saturated carbocycles. The third-order valence-corrected chi connectivity index (χ3v) is 31.1. The number of piperazine rings is 5. The van der Waals surface area contributed by atoms with Crippen LogP contribution in [0.25, 0.3) is 0 Å². The fourth-order valence-electron chi connectivity index (χ4n) is 19.7. The minimum atomic E-state index is -2.07. The summed E-state index contributed by atoms with van der Waals surface area (Å²) < 4.78 is 104. The Morgan fingerprint density at radius 3 is 0.652 bits per heavy atom. The molecule has 0 aromatic heterocycles. The van der Waals surface area contributed by atoms with Gasteiger partial charge in [0.1, 0.15) is 0 Å². The molecule has 5 aromatic carbocycles. The van der Waals surface area contributed by atoms with Crippen LogP contribution in [0.4, 0.5) is 52.4 Å². The van der Waals surface area contributed by atoms with Crippen molar-refractivity contribution in [2.75, 3.05) is 223 Å². The molecule has 15 rings (SSSR count). The van der Waals surface area contributed by atoms with Gasteiger partial charge in [0, 0.05) is 213 Å². The molecular weight excluding hydrogens is 1800 g/mol. The Morgan fingerprint density at radius 1 is 0.259 bits per heavy atom. The van der Waals surface area contributed by atoms with E-state index >= 15 is 0 Å². The van der Waals surface area contributed by atoms with Gasteiger partial charge in [0.15, 0.2) is 0 Å². The van der Waals surface area contributed by atoms with Gasteiger partial charge >= 0.3 is 30.2 Å². The van der Waals surface area contributed by atoms with Gasteiger partial charge in [-0.2, -0.15) is 0 Å². The van der Waals surface area contributed by atoms with Gasteiger partial charge in [-0.15, -0.1) is 0 Å². The molecule has 30 heteroatoms. The molecular formula is C105H165Cl5N20O5. The average molecular weight is 1980 g/mol. The Hall–Kier alpha value is -7.30. The molecule has 5 heterocycles. The molecule has 10 amide bonds. The minimum absolute atomic E-state index is 0.0143. The molecule has 10 fully saturated rings. The molecule has 0 radical (unpaired) electrons. The summed E-state index contributed by atoms with van der Waals surface area (Å²) in [5.74, 6) is 0.465. The lowest BCUT2D eigenvalue weighted by Crippen LogP contribution is -2.47. The van der Waals surface area contributed by atoms with Crippen LogP contribution in [-0.2, 0) is 0 Å². The Bertz CT molecular complexity index is 4760. The van der Waals surface area contributed by atoms with Crippen LogP contribution in [0, 0.1) is 64.2 Å². The normalized spacial score (nSPS) is 25.8. The lowest BCUT2D eigenvalue weighted by atomic mass is 9.84. The van der Waals surface area contributed by atoms with E-state index in [1.807, 2.05) is 123 Å². The molecule has 5 saturated heterocycles. The average Bonchev–Trinajstić information content (AvgIpc) is 0.756. The van der Waals surface area contributed by atoms with E-state index in [2.05, 4.69) is 99.6 Å². The van der Waals surface area contributed by atoms with Crippen molar-refractivity contribution >= 4 is 117 Å². The summed E-state index contributed by atoms with van der Waals surface area (Å²) in [6.07, 6.45) is 13.4. The van der Waals surface area contributed by atoms with Crippen LogP contribution in [0.2, 0.25) is 25.1 Å². The molecule has 0 bridgehead atoms. The van der Waals surface area contributed by atoms with E-state index in [0.29, 0.717) is 116 Å². The van der Waals surface area contributed by atoms with E-state index < -0.39 is 38.6 Å². The maximum Gasteiger partial charge on any atom is 0.314 e. The highest BCUT2D eigenvalue weighted by Crippen LogP contribution is 2.39. The molecule has 25 nitrogen and oxygen atoms in total. The van der Waals surface area contributed by atoms with Crippen LogP contribution in [0.5, 0.6) is 0 Å². The maximum atomic E-state index is 11.5. The van der Waals surface area contributed by atoms with Gasteiger partial charge < -0.3 is 77.7 Å². The van der Waals surface area contributed by atoms with Gasteiger partial charge in [0.2, 0.25) is 0 Å². The second-order valence-corrected chi connectivity index (χ2v) is 40.0. The summed E-state index contributed by atoms with van der Waals surface area (Å²) >= 11 is 32.4. The number of aryl methyl sites for hydroxylation is 5. The van der Waals surface area contributed by atoms with Crippen LogP contribution in [0.15, 0.2) is 91.0 Å².